The summed E-state index contributed by atoms with van der Waals surface area (Å²) < 4.78 is 0. The van der Waals surface area contributed by atoms with Gasteiger partial charge in [-0.25, -0.2) is 0 Å². The minimum absolute atomic E-state index is 0.0931. The maximum atomic E-state index is 12.1. The zero-order chi connectivity index (χ0) is 22.6. The Labute approximate surface area is 187 Å². The topological polar surface area (TPSA) is 74.6 Å². The molecule has 0 aromatic carbocycles. The smallest absolute Gasteiger partial charge is 0.306 e. The summed E-state index contributed by atoms with van der Waals surface area (Å²) in [7, 11) is 0. The van der Waals surface area contributed by atoms with Gasteiger partial charge >= 0.3 is 5.97 Å². The van der Waals surface area contributed by atoms with E-state index in [4.69, 9.17) is 5.11 Å². The average molecular weight is 431 g/mol. The molecule has 0 saturated heterocycles. The van der Waals surface area contributed by atoms with Gasteiger partial charge in [-0.05, 0) is 91.4 Å². The van der Waals surface area contributed by atoms with Crippen LogP contribution in [0, 0.1) is 46.3 Å². The van der Waals surface area contributed by atoms with E-state index in [0.29, 0.717) is 42.4 Å². The molecule has 3 saturated carbocycles. The summed E-state index contributed by atoms with van der Waals surface area (Å²) >= 11 is 0. The Hall–Kier alpha value is -1.16. The molecule has 174 valence electrons. The van der Waals surface area contributed by atoms with Gasteiger partial charge in [0.25, 0.3) is 0 Å². The quantitative estimate of drug-likeness (QED) is 0.572. The van der Waals surface area contributed by atoms with Crippen molar-refractivity contribution in [2.24, 2.45) is 46.3 Å². The summed E-state index contributed by atoms with van der Waals surface area (Å²) in [5, 5.41) is 20.4. The summed E-state index contributed by atoms with van der Waals surface area (Å²) in [5.41, 5.74) is 1.59. The van der Waals surface area contributed by atoms with Gasteiger partial charge in [0.15, 0.2) is 5.78 Å². The second kappa shape index (κ2) is 8.32. The third kappa shape index (κ3) is 3.81. The van der Waals surface area contributed by atoms with Gasteiger partial charge in [0, 0.05) is 6.42 Å². The number of carbonyl (C=O) groups excluding carboxylic acids is 1. The van der Waals surface area contributed by atoms with Crippen LogP contribution in [0.25, 0.3) is 0 Å². The molecule has 4 aliphatic rings. The summed E-state index contributed by atoms with van der Waals surface area (Å²) in [6.07, 6.45) is 11.6. The van der Waals surface area contributed by atoms with E-state index in [1.807, 2.05) is 13.0 Å². The lowest BCUT2D eigenvalue weighted by Crippen LogP contribution is -2.55. The van der Waals surface area contributed by atoms with Crippen LogP contribution in [0.3, 0.4) is 0 Å². The normalized spacial score (nSPS) is 44.0. The number of carboxylic acid groups (broad SMARTS) is 1. The van der Waals surface area contributed by atoms with Gasteiger partial charge in [0.2, 0.25) is 0 Å². The minimum atomic E-state index is -0.684. The Morgan fingerprint density at radius 1 is 1.13 bits per heavy atom. The highest BCUT2D eigenvalue weighted by atomic mass is 16.4. The fourth-order valence-electron chi connectivity index (χ4n) is 8.57. The highest BCUT2D eigenvalue weighted by molar-refractivity contribution is 5.91. The molecule has 0 amide bonds. The number of hydrogen-bond acceptors (Lipinski definition) is 3. The fourth-order valence-corrected chi connectivity index (χ4v) is 8.57. The van der Waals surface area contributed by atoms with Crippen molar-refractivity contribution in [1.29, 1.82) is 0 Å². The molecule has 3 fully saturated rings. The lowest BCUT2D eigenvalue weighted by atomic mass is 9.45. The molecule has 4 aliphatic carbocycles. The predicted molar refractivity (Wildman–Crippen MR) is 121 cm³/mol. The lowest BCUT2D eigenvalue weighted by Gasteiger charge is -2.60. The second-order valence-corrected chi connectivity index (χ2v) is 12.0. The molecular formula is C27H42O4. The summed E-state index contributed by atoms with van der Waals surface area (Å²) in [5.74, 6) is 2.01. The number of ketones is 1. The van der Waals surface area contributed by atoms with Crippen LogP contribution in [-0.4, -0.2) is 28.1 Å². The number of carbonyl (C=O) groups is 2. The molecule has 4 heteroatoms. The molecule has 4 rings (SSSR count). The number of rotatable bonds is 6. The Morgan fingerprint density at radius 2 is 1.87 bits per heavy atom. The SMILES string of the molecule is C[C@H](CCC[C@@H](C)[C@H]1CC[C@H]2[C@@H]3[C@H](O)CC4=CC(=O)CC[C@]4(C)[C@H]3CC[C@]12C)C(=O)O. The fraction of sp³-hybridized carbons (Fsp3) is 0.852. The molecule has 31 heavy (non-hydrogen) atoms. The van der Waals surface area contributed by atoms with Crippen LogP contribution < -0.4 is 0 Å². The number of aliphatic hydroxyl groups is 1. The van der Waals surface area contributed by atoms with Crippen molar-refractivity contribution >= 4 is 11.8 Å². The molecule has 0 heterocycles. The van der Waals surface area contributed by atoms with E-state index < -0.39 is 5.97 Å². The van der Waals surface area contributed by atoms with E-state index >= 15 is 0 Å². The first-order valence-corrected chi connectivity index (χ1v) is 12.7. The average Bonchev–Trinajstić information content (AvgIpc) is 3.06. The first kappa shape index (κ1) is 23.0. The zero-order valence-electron chi connectivity index (χ0n) is 19.9. The standard InChI is InChI=1S/C27H42O4/c1-16(6-5-7-17(2)25(30)31)20-8-9-21-24-22(11-13-27(20,21)4)26(3)12-10-19(28)14-18(26)15-23(24)29/h14,16-17,20-24,29H,5-13,15H2,1-4H3,(H,30,31)/t16-,17-,20-,21+,22+,23-,24+,26+,27-/m1/s1. The molecule has 0 aromatic rings. The van der Waals surface area contributed by atoms with Crippen molar-refractivity contribution in [3.05, 3.63) is 11.6 Å². The van der Waals surface area contributed by atoms with Crippen LogP contribution in [0.2, 0.25) is 0 Å². The van der Waals surface area contributed by atoms with E-state index in [1.54, 1.807) is 0 Å². The van der Waals surface area contributed by atoms with Crippen molar-refractivity contribution in [3.63, 3.8) is 0 Å². The molecule has 0 spiro atoms. The molecule has 0 aromatic heterocycles. The minimum Gasteiger partial charge on any atom is -0.481 e. The van der Waals surface area contributed by atoms with Crippen molar-refractivity contribution in [1.82, 2.24) is 0 Å². The predicted octanol–water partition coefficient (Wildman–Crippen LogP) is 5.63. The molecule has 0 radical (unpaired) electrons. The molecule has 2 N–H and O–H groups in total. The van der Waals surface area contributed by atoms with Gasteiger partial charge in [-0.15, -0.1) is 0 Å². The van der Waals surface area contributed by atoms with Crippen LogP contribution >= 0.6 is 0 Å². The third-order valence-electron chi connectivity index (χ3n) is 10.5. The van der Waals surface area contributed by atoms with Crippen molar-refractivity contribution < 1.29 is 19.8 Å². The highest BCUT2D eigenvalue weighted by Gasteiger charge is 2.61. The van der Waals surface area contributed by atoms with Gasteiger partial charge in [0.05, 0.1) is 12.0 Å². The van der Waals surface area contributed by atoms with Gasteiger partial charge in [0.1, 0.15) is 0 Å². The maximum Gasteiger partial charge on any atom is 0.306 e. The van der Waals surface area contributed by atoms with Gasteiger partial charge < -0.3 is 10.2 Å². The monoisotopic (exact) mass is 430 g/mol. The summed E-state index contributed by atoms with van der Waals surface area (Å²) in [4.78, 5) is 23.2. The molecule has 0 bridgehead atoms. The maximum absolute atomic E-state index is 12.1. The third-order valence-corrected chi connectivity index (χ3v) is 10.5. The van der Waals surface area contributed by atoms with Crippen LogP contribution in [0.4, 0.5) is 0 Å². The number of hydrogen-bond donors (Lipinski definition) is 2. The molecule has 9 atom stereocenters. The first-order valence-electron chi connectivity index (χ1n) is 12.7. The zero-order valence-corrected chi connectivity index (χ0v) is 19.9. The molecule has 0 aliphatic heterocycles. The van der Waals surface area contributed by atoms with Crippen LogP contribution in [0.5, 0.6) is 0 Å². The Morgan fingerprint density at radius 3 is 2.58 bits per heavy atom. The largest absolute Gasteiger partial charge is 0.481 e. The highest BCUT2D eigenvalue weighted by Crippen LogP contribution is 2.67. The first-order chi connectivity index (χ1) is 14.6. The van der Waals surface area contributed by atoms with Crippen molar-refractivity contribution in [3.8, 4) is 0 Å². The number of carboxylic acids is 1. The van der Waals surface area contributed by atoms with Gasteiger partial charge in [-0.3, -0.25) is 9.59 Å². The van der Waals surface area contributed by atoms with E-state index in [0.717, 1.165) is 32.1 Å². The number of aliphatic carboxylic acids is 1. The van der Waals surface area contributed by atoms with Crippen molar-refractivity contribution in [2.45, 2.75) is 98.0 Å². The Kier molecular flexibility index (Phi) is 6.17. The Balaban J connectivity index is 1.49. The van der Waals surface area contributed by atoms with E-state index in [-0.39, 0.29) is 28.6 Å². The van der Waals surface area contributed by atoms with Crippen molar-refractivity contribution in [2.75, 3.05) is 0 Å². The summed E-state index contributed by atoms with van der Waals surface area (Å²) in [6.45, 7) is 9.05. The number of aliphatic hydroxyl groups excluding tert-OH is 1. The van der Waals surface area contributed by atoms with E-state index in [9.17, 15) is 14.7 Å². The summed E-state index contributed by atoms with van der Waals surface area (Å²) in [6, 6.07) is 0. The van der Waals surface area contributed by atoms with E-state index in [2.05, 4.69) is 20.8 Å². The van der Waals surface area contributed by atoms with E-state index in [1.165, 1.54) is 24.8 Å². The lowest BCUT2D eigenvalue weighted by molar-refractivity contribution is -0.141. The Bertz CT molecular complexity index is 756. The van der Waals surface area contributed by atoms with Crippen LogP contribution in [0.1, 0.15) is 91.9 Å². The van der Waals surface area contributed by atoms with Gasteiger partial charge in [-0.1, -0.05) is 46.1 Å². The molecule has 0 unspecified atom stereocenters. The van der Waals surface area contributed by atoms with Crippen LogP contribution in [0.15, 0.2) is 11.6 Å². The molecular weight excluding hydrogens is 388 g/mol. The second-order valence-electron chi connectivity index (χ2n) is 12.0. The van der Waals surface area contributed by atoms with Gasteiger partial charge in [-0.2, -0.15) is 0 Å². The molecule has 4 nitrogen and oxygen atoms in total. The van der Waals surface area contributed by atoms with Crippen LogP contribution in [-0.2, 0) is 9.59 Å². The number of fused-ring (bicyclic) bond motifs is 5.